The molecule has 0 aliphatic carbocycles. The SMILES string of the molecule is CCN(CC)CCNC(=O)Cc1ccccc1Cl. The number of carbonyl (C=O) groups excluding carboxylic acids is 1. The van der Waals surface area contributed by atoms with Gasteiger partial charge in [-0.3, -0.25) is 4.79 Å². The number of likely N-dealkylation sites (N-methyl/N-ethyl adjacent to an activating group) is 1. The third kappa shape index (κ3) is 5.07. The number of hydrogen-bond donors (Lipinski definition) is 1. The van der Waals surface area contributed by atoms with E-state index in [-0.39, 0.29) is 5.91 Å². The van der Waals surface area contributed by atoms with Crippen LogP contribution in [0.2, 0.25) is 5.02 Å². The van der Waals surface area contributed by atoms with Gasteiger partial charge >= 0.3 is 0 Å². The van der Waals surface area contributed by atoms with E-state index in [2.05, 4.69) is 24.1 Å². The van der Waals surface area contributed by atoms with Gasteiger partial charge in [0.1, 0.15) is 0 Å². The van der Waals surface area contributed by atoms with Gasteiger partial charge < -0.3 is 10.2 Å². The Labute approximate surface area is 114 Å². The third-order valence-corrected chi connectivity index (χ3v) is 3.32. The zero-order valence-corrected chi connectivity index (χ0v) is 11.8. The molecule has 1 N–H and O–H groups in total. The Bertz CT molecular complexity index is 378. The van der Waals surface area contributed by atoms with Gasteiger partial charge in [-0.2, -0.15) is 0 Å². The molecule has 1 amide bonds. The first-order valence-electron chi connectivity index (χ1n) is 6.39. The molecule has 0 fully saturated rings. The molecule has 3 nitrogen and oxygen atoms in total. The van der Waals surface area contributed by atoms with Crippen molar-refractivity contribution in [1.82, 2.24) is 10.2 Å². The van der Waals surface area contributed by atoms with Crippen LogP contribution in [0.3, 0.4) is 0 Å². The average Bonchev–Trinajstić information content (AvgIpc) is 2.37. The molecule has 1 aromatic rings. The maximum Gasteiger partial charge on any atom is 0.224 e. The fourth-order valence-corrected chi connectivity index (χ4v) is 1.97. The summed E-state index contributed by atoms with van der Waals surface area (Å²) in [6.45, 7) is 7.84. The number of benzene rings is 1. The second-order valence-corrected chi connectivity index (χ2v) is 4.55. The maximum atomic E-state index is 11.7. The summed E-state index contributed by atoms with van der Waals surface area (Å²) in [6.07, 6.45) is 0.345. The molecule has 0 saturated heterocycles. The fraction of sp³-hybridized carbons (Fsp3) is 0.500. The molecule has 0 heterocycles. The molecule has 0 radical (unpaired) electrons. The summed E-state index contributed by atoms with van der Waals surface area (Å²) in [7, 11) is 0. The van der Waals surface area contributed by atoms with Crippen molar-refractivity contribution in [1.29, 1.82) is 0 Å². The quantitative estimate of drug-likeness (QED) is 0.823. The molecule has 0 atom stereocenters. The van der Waals surface area contributed by atoms with E-state index >= 15 is 0 Å². The first-order chi connectivity index (χ1) is 8.67. The van der Waals surface area contributed by atoms with Gasteiger partial charge in [0, 0.05) is 18.1 Å². The summed E-state index contributed by atoms with van der Waals surface area (Å²) >= 11 is 6.01. The maximum absolute atomic E-state index is 11.7. The zero-order chi connectivity index (χ0) is 13.4. The van der Waals surface area contributed by atoms with Crippen LogP contribution in [0.4, 0.5) is 0 Å². The van der Waals surface area contributed by atoms with E-state index in [0.717, 1.165) is 25.2 Å². The number of carbonyl (C=O) groups is 1. The predicted molar refractivity (Wildman–Crippen MR) is 76.0 cm³/mol. The molecular formula is C14H21ClN2O. The highest BCUT2D eigenvalue weighted by atomic mass is 35.5. The van der Waals surface area contributed by atoms with E-state index in [9.17, 15) is 4.79 Å². The highest BCUT2D eigenvalue weighted by Crippen LogP contribution is 2.14. The van der Waals surface area contributed by atoms with Crippen LogP contribution in [0.1, 0.15) is 19.4 Å². The number of amides is 1. The largest absolute Gasteiger partial charge is 0.355 e. The number of nitrogens with one attached hydrogen (secondary N) is 1. The molecule has 18 heavy (non-hydrogen) atoms. The molecule has 4 heteroatoms. The molecule has 0 bridgehead atoms. The minimum Gasteiger partial charge on any atom is -0.355 e. The predicted octanol–water partition coefficient (Wildman–Crippen LogP) is 2.34. The molecule has 1 rings (SSSR count). The van der Waals surface area contributed by atoms with Crippen molar-refractivity contribution in [2.75, 3.05) is 26.2 Å². The standard InChI is InChI=1S/C14H21ClN2O/c1-3-17(4-2)10-9-16-14(18)11-12-7-5-6-8-13(12)15/h5-8H,3-4,9-11H2,1-2H3,(H,16,18). The smallest absolute Gasteiger partial charge is 0.224 e. The fourth-order valence-electron chi connectivity index (χ4n) is 1.77. The van der Waals surface area contributed by atoms with E-state index in [1.807, 2.05) is 18.2 Å². The Morgan fingerprint density at radius 3 is 2.56 bits per heavy atom. The lowest BCUT2D eigenvalue weighted by Gasteiger charge is -2.18. The van der Waals surface area contributed by atoms with Crippen molar-refractivity contribution in [2.24, 2.45) is 0 Å². The highest BCUT2D eigenvalue weighted by molar-refractivity contribution is 6.31. The first-order valence-corrected chi connectivity index (χ1v) is 6.77. The number of nitrogens with zero attached hydrogens (tertiary/aromatic N) is 1. The van der Waals surface area contributed by atoms with Crippen LogP contribution >= 0.6 is 11.6 Å². The molecule has 0 saturated carbocycles. The van der Waals surface area contributed by atoms with Crippen LogP contribution in [-0.2, 0) is 11.2 Å². The van der Waals surface area contributed by atoms with Gasteiger partial charge in [0.25, 0.3) is 0 Å². The van der Waals surface area contributed by atoms with Crippen molar-refractivity contribution in [3.8, 4) is 0 Å². The molecule has 0 unspecified atom stereocenters. The Morgan fingerprint density at radius 2 is 1.94 bits per heavy atom. The van der Waals surface area contributed by atoms with E-state index in [0.29, 0.717) is 18.0 Å². The lowest BCUT2D eigenvalue weighted by atomic mass is 10.1. The second kappa shape index (κ2) is 8.11. The van der Waals surface area contributed by atoms with Gasteiger partial charge in [-0.05, 0) is 24.7 Å². The number of rotatable bonds is 7. The van der Waals surface area contributed by atoms with E-state index in [1.165, 1.54) is 0 Å². The first kappa shape index (κ1) is 15.0. The monoisotopic (exact) mass is 268 g/mol. The molecule has 0 aromatic heterocycles. The van der Waals surface area contributed by atoms with Gasteiger partial charge in [-0.1, -0.05) is 43.6 Å². The van der Waals surface area contributed by atoms with Crippen LogP contribution in [0.15, 0.2) is 24.3 Å². The summed E-state index contributed by atoms with van der Waals surface area (Å²) < 4.78 is 0. The minimum atomic E-state index is 0.0234. The summed E-state index contributed by atoms with van der Waals surface area (Å²) in [5, 5.41) is 3.57. The molecule has 1 aromatic carbocycles. The summed E-state index contributed by atoms with van der Waals surface area (Å²) in [5.74, 6) is 0.0234. The van der Waals surface area contributed by atoms with Gasteiger partial charge in [0.15, 0.2) is 0 Å². The topological polar surface area (TPSA) is 32.3 Å². The molecule has 0 aliphatic rings. The van der Waals surface area contributed by atoms with Crippen LogP contribution in [0.25, 0.3) is 0 Å². The summed E-state index contributed by atoms with van der Waals surface area (Å²) in [6, 6.07) is 7.45. The number of halogens is 1. The number of hydrogen-bond acceptors (Lipinski definition) is 2. The Balaban J connectivity index is 2.32. The van der Waals surface area contributed by atoms with Gasteiger partial charge in [0.05, 0.1) is 6.42 Å². The van der Waals surface area contributed by atoms with Crippen molar-refractivity contribution in [3.05, 3.63) is 34.9 Å². The average molecular weight is 269 g/mol. The van der Waals surface area contributed by atoms with Gasteiger partial charge in [-0.15, -0.1) is 0 Å². The second-order valence-electron chi connectivity index (χ2n) is 4.15. The van der Waals surface area contributed by atoms with Crippen molar-refractivity contribution >= 4 is 17.5 Å². The molecule has 100 valence electrons. The van der Waals surface area contributed by atoms with Gasteiger partial charge in [-0.25, -0.2) is 0 Å². The van der Waals surface area contributed by atoms with Crippen LogP contribution in [-0.4, -0.2) is 37.0 Å². The molecular weight excluding hydrogens is 248 g/mol. The lowest BCUT2D eigenvalue weighted by Crippen LogP contribution is -2.35. The lowest BCUT2D eigenvalue weighted by molar-refractivity contribution is -0.120. The Hall–Kier alpha value is -1.06. The Kier molecular flexibility index (Phi) is 6.76. The summed E-state index contributed by atoms with van der Waals surface area (Å²) in [5.41, 5.74) is 0.875. The van der Waals surface area contributed by atoms with E-state index in [4.69, 9.17) is 11.6 Å². The van der Waals surface area contributed by atoms with Gasteiger partial charge in [0.2, 0.25) is 5.91 Å². The molecule has 0 spiro atoms. The Morgan fingerprint density at radius 1 is 1.28 bits per heavy atom. The van der Waals surface area contributed by atoms with Crippen LogP contribution in [0.5, 0.6) is 0 Å². The third-order valence-electron chi connectivity index (χ3n) is 2.95. The van der Waals surface area contributed by atoms with Crippen molar-refractivity contribution in [3.63, 3.8) is 0 Å². The van der Waals surface area contributed by atoms with Crippen molar-refractivity contribution < 1.29 is 4.79 Å². The van der Waals surface area contributed by atoms with Crippen LogP contribution < -0.4 is 5.32 Å². The normalized spacial score (nSPS) is 10.7. The minimum absolute atomic E-state index is 0.0234. The zero-order valence-electron chi connectivity index (χ0n) is 11.1. The van der Waals surface area contributed by atoms with E-state index in [1.54, 1.807) is 6.07 Å². The highest BCUT2D eigenvalue weighted by Gasteiger charge is 2.06. The van der Waals surface area contributed by atoms with Crippen molar-refractivity contribution in [2.45, 2.75) is 20.3 Å². The summed E-state index contributed by atoms with van der Waals surface area (Å²) in [4.78, 5) is 14.0. The van der Waals surface area contributed by atoms with Crippen LogP contribution in [0, 0.1) is 0 Å². The molecule has 0 aliphatic heterocycles. The van der Waals surface area contributed by atoms with E-state index < -0.39 is 0 Å².